The Morgan fingerprint density at radius 2 is 2.19 bits per heavy atom. The fourth-order valence-electron chi connectivity index (χ4n) is 1.61. The number of rotatable bonds is 5. The predicted octanol–water partition coefficient (Wildman–Crippen LogP) is 0.711. The highest BCUT2D eigenvalue weighted by Crippen LogP contribution is 2.36. The van der Waals surface area contributed by atoms with E-state index in [9.17, 15) is 14.4 Å². The van der Waals surface area contributed by atoms with E-state index >= 15 is 0 Å². The first-order valence-electron chi connectivity index (χ1n) is 5.81. The molecule has 0 unspecified atom stereocenters. The van der Waals surface area contributed by atoms with E-state index in [4.69, 9.17) is 21.4 Å². The molecule has 1 aliphatic heterocycles. The molecule has 1 aliphatic rings. The molecule has 1 aromatic carbocycles. The van der Waals surface area contributed by atoms with Crippen LogP contribution in [0.2, 0.25) is 5.02 Å². The van der Waals surface area contributed by atoms with E-state index in [1.807, 2.05) is 0 Å². The summed E-state index contributed by atoms with van der Waals surface area (Å²) in [5.41, 5.74) is 0.687. The van der Waals surface area contributed by atoms with Crippen LogP contribution in [0.15, 0.2) is 12.1 Å². The van der Waals surface area contributed by atoms with Crippen molar-refractivity contribution in [3.05, 3.63) is 17.2 Å². The Hall–Kier alpha value is -2.32. The first kappa shape index (κ1) is 15.1. The Kier molecular flexibility index (Phi) is 4.61. The van der Waals surface area contributed by atoms with Gasteiger partial charge in [-0.05, 0) is 6.07 Å². The van der Waals surface area contributed by atoms with Crippen LogP contribution in [0.25, 0.3) is 0 Å². The molecule has 112 valence electrons. The molecule has 2 rings (SSSR count). The second-order valence-electron chi connectivity index (χ2n) is 4.10. The lowest BCUT2D eigenvalue weighted by atomic mass is 10.2. The molecule has 0 saturated carbocycles. The molecule has 3 N–H and O–H groups in total. The summed E-state index contributed by atoms with van der Waals surface area (Å²) in [6.07, 6.45) is 0. The molecular weight excluding hydrogens is 304 g/mol. The van der Waals surface area contributed by atoms with Crippen LogP contribution in [0, 0.1) is 0 Å². The third-order valence-electron chi connectivity index (χ3n) is 2.43. The molecule has 2 amide bonds. The number of halogens is 1. The van der Waals surface area contributed by atoms with Crippen LogP contribution in [-0.2, 0) is 19.1 Å². The third-order valence-corrected chi connectivity index (χ3v) is 2.75. The van der Waals surface area contributed by atoms with Crippen molar-refractivity contribution in [3.8, 4) is 5.75 Å². The lowest BCUT2D eigenvalue weighted by molar-refractivity contribution is -0.143. The summed E-state index contributed by atoms with van der Waals surface area (Å²) in [5, 5.41) is 13.6. The maximum atomic E-state index is 11.6. The van der Waals surface area contributed by atoms with E-state index < -0.39 is 25.1 Å². The highest BCUT2D eigenvalue weighted by molar-refractivity contribution is 6.34. The van der Waals surface area contributed by atoms with E-state index in [0.29, 0.717) is 11.4 Å². The van der Waals surface area contributed by atoms with Crippen molar-refractivity contribution in [1.82, 2.24) is 0 Å². The van der Waals surface area contributed by atoms with E-state index in [0.717, 1.165) is 0 Å². The van der Waals surface area contributed by atoms with Crippen LogP contribution >= 0.6 is 11.6 Å². The fraction of sp³-hybridized carbons (Fsp3) is 0.250. The highest BCUT2D eigenvalue weighted by atomic mass is 35.5. The lowest BCUT2D eigenvalue weighted by Gasteiger charge is -2.19. The smallest absolute Gasteiger partial charge is 0.329 e. The van der Waals surface area contributed by atoms with Crippen LogP contribution < -0.4 is 15.4 Å². The molecule has 0 bridgehead atoms. The van der Waals surface area contributed by atoms with E-state index in [1.54, 1.807) is 0 Å². The number of carboxylic acid groups (broad SMARTS) is 1. The van der Waals surface area contributed by atoms with E-state index in [1.165, 1.54) is 12.1 Å². The van der Waals surface area contributed by atoms with Crippen molar-refractivity contribution < 1.29 is 29.0 Å². The third kappa shape index (κ3) is 4.07. The number of fused-ring (bicyclic) bond motifs is 1. The van der Waals surface area contributed by atoms with Gasteiger partial charge in [0.25, 0.3) is 5.91 Å². The summed E-state index contributed by atoms with van der Waals surface area (Å²) in [5.74, 6) is -1.64. The number of hydrogen-bond donors (Lipinski definition) is 3. The predicted molar refractivity (Wildman–Crippen MR) is 72.7 cm³/mol. The summed E-state index contributed by atoms with van der Waals surface area (Å²) < 4.78 is 9.85. The van der Waals surface area contributed by atoms with Crippen molar-refractivity contribution in [2.24, 2.45) is 0 Å². The van der Waals surface area contributed by atoms with Crippen LogP contribution in [0.5, 0.6) is 5.75 Å². The Balaban J connectivity index is 2.02. The molecule has 0 aromatic heterocycles. The van der Waals surface area contributed by atoms with E-state index in [-0.39, 0.29) is 23.2 Å². The van der Waals surface area contributed by atoms with Gasteiger partial charge in [-0.2, -0.15) is 0 Å². The second kappa shape index (κ2) is 6.42. The van der Waals surface area contributed by atoms with Gasteiger partial charge in [0.1, 0.15) is 19.0 Å². The fourth-order valence-corrected chi connectivity index (χ4v) is 1.82. The molecule has 8 nitrogen and oxygen atoms in total. The first-order valence-corrected chi connectivity index (χ1v) is 6.19. The summed E-state index contributed by atoms with van der Waals surface area (Å²) in [4.78, 5) is 33.0. The zero-order valence-electron chi connectivity index (χ0n) is 10.6. The van der Waals surface area contributed by atoms with Gasteiger partial charge in [0, 0.05) is 6.07 Å². The number of nitrogens with one attached hydrogen (secondary N) is 2. The van der Waals surface area contributed by atoms with Crippen LogP contribution in [0.1, 0.15) is 0 Å². The molecular formula is C12H11ClN2O6. The van der Waals surface area contributed by atoms with Gasteiger partial charge in [-0.1, -0.05) is 11.6 Å². The minimum Gasteiger partial charge on any atom is -0.482 e. The van der Waals surface area contributed by atoms with Crippen molar-refractivity contribution in [2.75, 3.05) is 30.5 Å². The normalized spacial score (nSPS) is 12.9. The SMILES string of the molecule is O=C(O)COCC(=O)Nc1cc2c(cc1Cl)NC(=O)CO2. The number of carbonyl (C=O) groups is 3. The molecule has 0 radical (unpaired) electrons. The monoisotopic (exact) mass is 314 g/mol. The maximum Gasteiger partial charge on any atom is 0.329 e. The number of aliphatic carboxylic acids is 1. The summed E-state index contributed by atoms with van der Waals surface area (Å²) in [7, 11) is 0. The average Bonchev–Trinajstić information content (AvgIpc) is 2.39. The van der Waals surface area contributed by atoms with Gasteiger partial charge in [-0.15, -0.1) is 0 Å². The summed E-state index contributed by atoms with van der Waals surface area (Å²) in [6.45, 7) is -1.11. The molecule has 0 aliphatic carbocycles. The number of ether oxygens (including phenoxy) is 2. The number of benzene rings is 1. The van der Waals surface area contributed by atoms with Gasteiger partial charge in [-0.3, -0.25) is 9.59 Å². The number of carbonyl (C=O) groups excluding carboxylic acids is 2. The zero-order chi connectivity index (χ0) is 15.4. The maximum absolute atomic E-state index is 11.6. The van der Waals surface area contributed by atoms with Gasteiger partial charge in [-0.25, -0.2) is 4.79 Å². The topological polar surface area (TPSA) is 114 Å². The van der Waals surface area contributed by atoms with E-state index in [2.05, 4.69) is 15.4 Å². The van der Waals surface area contributed by atoms with Crippen molar-refractivity contribution in [2.45, 2.75) is 0 Å². The van der Waals surface area contributed by atoms with Gasteiger partial charge >= 0.3 is 5.97 Å². The minimum absolute atomic E-state index is 0.121. The average molecular weight is 315 g/mol. The Morgan fingerprint density at radius 1 is 1.43 bits per heavy atom. The summed E-state index contributed by atoms with van der Waals surface area (Å²) in [6, 6.07) is 2.91. The van der Waals surface area contributed by atoms with Gasteiger partial charge in [0.15, 0.2) is 6.61 Å². The molecule has 0 saturated heterocycles. The van der Waals surface area contributed by atoms with Crippen molar-refractivity contribution >= 4 is 40.8 Å². The van der Waals surface area contributed by atoms with Crippen molar-refractivity contribution in [1.29, 1.82) is 0 Å². The quantitative estimate of drug-likeness (QED) is 0.737. The zero-order valence-corrected chi connectivity index (χ0v) is 11.4. The number of carboxylic acids is 1. The minimum atomic E-state index is -1.17. The Morgan fingerprint density at radius 3 is 2.90 bits per heavy atom. The van der Waals surface area contributed by atoms with Crippen LogP contribution in [-0.4, -0.2) is 42.7 Å². The molecule has 9 heteroatoms. The molecule has 0 spiro atoms. The highest BCUT2D eigenvalue weighted by Gasteiger charge is 2.19. The standard InChI is InChI=1S/C12H11ClN2O6/c13-6-1-8-9(21-4-11(17)15-8)2-7(6)14-10(16)3-20-5-12(18)19/h1-2H,3-5H2,(H,14,16)(H,15,17)(H,18,19). The molecule has 1 heterocycles. The number of anilines is 2. The van der Waals surface area contributed by atoms with Gasteiger partial charge < -0.3 is 25.2 Å². The molecule has 21 heavy (non-hydrogen) atoms. The number of hydrogen-bond acceptors (Lipinski definition) is 5. The molecule has 0 fully saturated rings. The van der Waals surface area contributed by atoms with Gasteiger partial charge in [0.2, 0.25) is 5.91 Å². The number of amides is 2. The first-order chi connectivity index (χ1) is 9.95. The van der Waals surface area contributed by atoms with Crippen molar-refractivity contribution in [3.63, 3.8) is 0 Å². The molecule has 1 aromatic rings. The van der Waals surface area contributed by atoms with Crippen LogP contribution in [0.3, 0.4) is 0 Å². The Bertz CT molecular complexity index is 604. The van der Waals surface area contributed by atoms with Gasteiger partial charge in [0.05, 0.1) is 16.4 Å². The largest absolute Gasteiger partial charge is 0.482 e. The van der Waals surface area contributed by atoms with Crippen LogP contribution in [0.4, 0.5) is 11.4 Å². The lowest BCUT2D eigenvalue weighted by Crippen LogP contribution is -2.26. The summed E-state index contributed by atoms with van der Waals surface area (Å²) >= 11 is 5.98. The Labute approximate surface area is 124 Å². The second-order valence-corrected chi connectivity index (χ2v) is 4.51. The molecule has 0 atom stereocenters.